The van der Waals surface area contributed by atoms with Gasteiger partial charge < -0.3 is 5.32 Å². The van der Waals surface area contributed by atoms with E-state index in [9.17, 15) is 17.6 Å². The van der Waals surface area contributed by atoms with Crippen LogP contribution in [0.1, 0.15) is 25.3 Å². The van der Waals surface area contributed by atoms with Crippen LogP contribution in [0.5, 0.6) is 0 Å². The van der Waals surface area contributed by atoms with Gasteiger partial charge in [-0.05, 0) is 37.5 Å². The van der Waals surface area contributed by atoms with Crippen molar-refractivity contribution in [2.24, 2.45) is 0 Å². The van der Waals surface area contributed by atoms with Crippen LogP contribution in [0.25, 0.3) is 0 Å². The summed E-state index contributed by atoms with van der Waals surface area (Å²) < 4.78 is 39.8. The monoisotopic (exact) mass is 390 g/mol. The molecule has 0 spiro atoms. The van der Waals surface area contributed by atoms with Gasteiger partial charge in [0, 0.05) is 13.1 Å². The fourth-order valence-electron chi connectivity index (χ4n) is 3.54. The van der Waals surface area contributed by atoms with E-state index in [4.69, 9.17) is 0 Å². The van der Waals surface area contributed by atoms with Gasteiger partial charge >= 0.3 is 0 Å². The number of hydrogen-bond donors (Lipinski definition) is 1. The minimum absolute atomic E-state index is 0.0345. The average Bonchev–Trinajstić information content (AvgIpc) is 2.70. The van der Waals surface area contributed by atoms with Crippen LogP contribution >= 0.6 is 0 Å². The summed E-state index contributed by atoms with van der Waals surface area (Å²) in [7, 11) is -3.30. The highest BCUT2D eigenvalue weighted by molar-refractivity contribution is 7.89. The molecule has 0 bridgehead atoms. The van der Waals surface area contributed by atoms with Crippen LogP contribution in [-0.2, 0) is 20.2 Å². The van der Waals surface area contributed by atoms with Gasteiger partial charge in [-0.2, -0.15) is 0 Å². The molecule has 2 aromatic carbocycles. The maximum Gasteiger partial charge on any atom is 0.235 e. The van der Waals surface area contributed by atoms with Gasteiger partial charge in [-0.15, -0.1) is 0 Å². The van der Waals surface area contributed by atoms with Crippen LogP contribution in [-0.4, -0.2) is 37.5 Å². The Labute approximate surface area is 159 Å². The number of sulfonamides is 1. The predicted molar refractivity (Wildman–Crippen MR) is 103 cm³/mol. The molecule has 0 aromatic heterocycles. The summed E-state index contributed by atoms with van der Waals surface area (Å²) in [6, 6.07) is 15.3. The summed E-state index contributed by atoms with van der Waals surface area (Å²) in [6.07, 6.45) is 0.688. The van der Waals surface area contributed by atoms with E-state index in [1.807, 2.05) is 30.3 Å². The Kier molecular flexibility index (Phi) is 5.62. The number of carbonyl (C=O) groups is 1. The van der Waals surface area contributed by atoms with Crippen molar-refractivity contribution in [3.05, 3.63) is 66.0 Å². The van der Waals surface area contributed by atoms with Crippen molar-refractivity contribution in [3.63, 3.8) is 0 Å². The van der Waals surface area contributed by atoms with Crippen molar-refractivity contribution in [3.8, 4) is 0 Å². The molecule has 1 N–H and O–H groups in total. The second-order valence-electron chi connectivity index (χ2n) is 6.68. The standard InChI is InChI=1S/C20H23FN2O3S/c1-2-27(25,26)23-14-12-20(13-15-23,16-8-4-3-5-9-16)19(24)22-18-11-7-6-10-17(18)21/h3-11H,2,12-15H2,1H3,(H,22,24). The molecule has 0 radical (unpaired) electrons. The zero-order valence-corrected chi connectivity index (χ0v) is 16.0. The maximum atomic E-state index is 14.0. The van der Waals surface area contributed by atoms with Crippen molar-refractivity contribution in [2.75, 3.05) is 24.2 Å². The van der Waals surface area contributed by atoms with Gasteiger partial charge in [0.05, 0.1) is 16.9 Å². The van der Waals surface area contributed by atoms with Crippen LogP contribution in [0.4, 0.5) is 10.1 Å². The number of para-hydroxylation sites is 1. The van der Waals surface area contributed by atoms with Crippen molar-refractivity contribution in [2.45, 2.75) is 25.2 Å². The third-order valence-corrected chi connectivity index (χ3v) is 7.10. The van der Waals surface area contributed by atoms with Gasteiger partial charge in [-0.25, -0.2) is 17.1 Å². The first-order valence-electron chi connectivity index (χ1n) is 8.98. The van der Waals surface area contributed by atoms with E-state index in [1.165, 1.54) is 16.4 Å². The summed E-state index contributed by atoms with van der Waals surface area (Å²) in [4.78, 5) is 13.2. The van der Waals surface area contributed by atoms with E-state index in [-0.39, 0.29) is 30.4 Å². The number of nitrogens with zero attached hydrogens (tertiary/aromatic N) is 1. The van der Waals surface area contributed by atoms with Crippen LogP contribution in [0, 0.1) is 5.82 Å². The third-order valence-electron chi connectivity index (χ3n) is 5.22. The summed E-state index contributed by atoms with van der Waals surface area (Å²) in [5.74, 6) is -0.778. The van der Waals surface area contributed by atoms with Gasteiger partial charge in [0.1, 0.15) is 5.82 Å². The molecule has 1 amide bonds. The summed E-state index contributed by atoms with van der Waals surface area (Å²) in [5.41, 5.74) is 0.0392. The molecule has 1 aliphatic heterocycles. The molecule has 1 heterocycles. The van der Waals surface area contributed by atoms with Crippen LogP contribution < -0.4 is 5.32 Å². The number of rotatable bonds is 5. The highest BCUT2D eigenvalue weighted by Gasteiger charge is 2.44. The number of carbonyl (C=O) groups excluding carboxylic acids is 1. The molecular formula is C20H23FN2O3S. The Bertz CT molecular complexity index is 908. The zero-order chi connectivity index (χ0) is 19.5. The molecule has 144 valence electrons. The smallest absolute Gasteiger partial charge is 0.235 e. The summed E-state index contributed by atoms with van der Waals surface area (Å²) in [5, 5.41) is 2.70. The first-order valence-corrected chi connectivity index (χ1v) is 10.6. The van der Waals surface area contributed by atoms with Crippen LogP contribution in [0.15, 0.2) is 54.6 Å². The van der Waals surface area contributed by atoms with E-state index in [1.54, 1.807) is 19.1 Å². The lowest BCUT2D eigenvalue weighted by atomic mass is 9.72. The van der Waals surface area contributed by atoms with E-state index in [0.717, 1.165) is 5.56 Å². The van der Waals surface area contributed by atoms with Gasteiger partial charge in [-0.3, -0.25) is 4.79 Å². The van der Waals surface area contributed by atoms with Gasteiger partial charge in [0.2, 0.25) is 15.9 Å². The fraction of sp³-hybridized carbons (Fsp3) is 0.350. The molecule has 1 fully saturated rings. The summed E-state index contributed by atoms with van der Waals surface area (Å²) in [6.45, 7) is 2.13. The lowest BCUT2D eigenvalue weighted by molar-refractivity contribution is -0.123. The lowest BCUT2D eigenvalue weighted by Gasteiger charge is -2.40. The van der Waals surface area contributed by atoms with Crippen LogP contribution in [0.3, 0.4) is 0 Å². The third kappa shape index (κ3) is 3.89. The second kappa shape index (κ2) is 7.78. The number of amides is 1. The zero-order valence-electron chi connectivity index (χ0n) is 15.2. The van der Waals surface area contributed by atoms with E-state index in [2.05, 4.69) is 5.32 Å². The number of nitrogens with one attached hydrogen (secondary N) is 1. The Hall–Kier alpha value is -2.25. The molecule has 7 heteroatoms. The minimum atomic E-state index is -3.30. The Morgan fingerprint density at radius 2 is 1.67 bits per heavy atom. The molecule has 5 nitrogen and oxygen atoms in total. The molecule has 0 aliphatic carbocycles. The first kappa shape index (κ1) is 19.5. The maximum absolute atomic E-state index is 14.0. The van der Waals surface area contributed by atoms with Crippen LogP contribution in [0.2, 0.25) is 0 Å². The lowest BCUT2D eigenvalue weighted by Crippen LogP contribution is -2.51. The molecule has 1 saturated heterocycles. The summed E-state index contributed by atoms with van der Waals surface area (Å²) >= 11 is 0. The van der Waals surface area contributed by atoms with Gasteiger partial charge in [-0.1, -0.05) is 42.5 Å². The molecule has 27 heavy (non-hydrogen) atoms. The highest BCUT2D eigenvalue weighted by atomic mass is 32.2. The largest absolute Gasteiger partial charge is 0.323 e. The highest BCUT2D eigenvalue weighted by Crippen LogP contribution is 2.37. The Balaban J connectivity index is 1.91. The number of benzene rings is 2. The second-order valence-corrected chi connectivity index (χ2v) is 8.94. The topological polar surface area (TPSA) is 66.5 Å². The fourth-order valence-corrected chi connectivity index (χ4v) is 4.64. The Morgan fingerprint density at radius 1 is 1.07 bits per heavy atom. The number of hydrogen-bond acceptors (Lipinski definition) is 3. The molecule has 0 saturated carbocycles. The normalized spacial score (nSPS) is 17.4. The van der Waals surface area contributed by atoms with Crippen molar-refractivity contribution >= 4 is 21.6 Å². The first-order chi connectivity index (χ1) is 12.9. The predicted octanol–water partition coefficient (Wildman–Crippen LogP) is 3.15. The molecule has 1 aliphatic rings. The molecule has 0 unspecified atom stereocenters. The number of piperidine rings is 1. The van der Waals surface area contributed by atoms with Crippen molar-refractivity contribution in [1.29, 1.82) is 0 Å². The number of halogens is 1. The average molecular weight is 390 g/mol. The quantitative estimate of drug-likeness (QED) is 0.853. The van der Waals surface area contributed by atoms with Crippen molar-refractivity contribution in [1.82, 2.24) is 4.31 Å². The molecule has 3 rings (SSSR count). The van der Waals surface area contributed by atoms with E-state index >= 15 is 0 Å². The van der Waals surface area contributed by atoms with Gasteiger partial charge in [0.15, 0.2) is 0 Å². The SMILES string of the molecule is CCS(=O)(=O)N1CCC(C(=O)Nc2ccccc2F)(c2ccccc2)CC1. The molecule has 2 aromatic rings. The Morgan fingerprint density at radius 3 is 2.26 bits per heavy atom. The molecule has 0 atom stereocenters. The van der Waals surface area contributed by atoms with E-state index < -0.39 is 21.3 Å². The van der Waals surface area contributed by atoms with Crippen molar-refractivity contribution < 1.29 is 17.6 Å². The number of anilines is 1. The molecular weight excluding hydrogens is 367 g/mol. The van der Waals surface area contributed by atoms with E-state index in [0.29, 0.717) is 12.8 Å². The van der Waals surface area contributed by atoms with Gasteiger partial charge in [0.25, 0.3) is 0 Å². The minimum Gasteiger partial charge on any atom is -0.323 e.